The van der Waals surface area contributed by atoms with Gasteiger partial charge in [0, 0.05) is 61.6 Å². The van der Waals surface area contributed by atoms with Crippen LogP contribution in [0.25, 0.3) is 11.3 Å². The number of nitrogens with one attached hydrogen (secondary N) is 2. The van der Waals surface area contributed by atoms with E-state index < -0.39 is 0 Å². The molecule has 8 heteroatoms. The summed E-state index contributed by atoms with van der Waals surface area (Å²) in [5.74, 6) is 2.28. The van der Waals surface area contributed by atoms with E-state index in [4.69, 9.17) is 9.97 Å². The van der Waals surface area contributed by atoms with Gasteiger partial charge in [-0.05, 0) is 44.9 Å². The molecule has 3 N–H and O–H groups in total. The van der Waals surface area contributed by atoms with Gasteiger partial charge < -0.3 is 20.6 Å². The molecule has 0 aliphatic carbocycles. The van der Waals surface area contributed by atoms with Crippen molar-refractivity contribution in [2.24, 2.45) is 0 Å². The van der Waals surface area contributed by atoms with Gasteiger partial charge in [0.1, 0.15) is 11.6 Å². The standard InChI is InChI=1S/C27H35N7O/c1-18(2)33-16-23-14-22(33)17-34(23)27-31-24(15-26(32-27)29-11-12-35)21-9-10-28-25(13-21)30-19(3)20-7-5-4-6-8-20/h4-10,13,15,18-19,22-23,35H,11-12,14,16-17H2,1-3H3,(H,28,30)(H,29,31,32)/t19?,22-,23-/m0/s1. The number of anilines is 3. The molecule has 1 unspecified atom stereocenters. The molecule has 3 atom stereocenters. The lowest BCUT2D eigenvalue weighted by atomic mass is 10.1. The predicted octanol–water partition coefficient (Wildman–Crippen LogP) is 3.79. The van der Waals surface area contributed by atoms with Crippen LogP contribution in [0.5, 0.6) is 0 Å². The normalized spacial score (nSPS) is 20.4. The highest BCUT2D eigenvalue weighted by Gasteiger charge is 2.45. The van der Waals surface area contributed by atoms with Gasteiger partial charge in [-0.1, -0.05) is 30.3 Å². The Kier molecular flexibility index (Phi) is 6.83. The minimum Gasteiger partial charge on any atom is -0.395 e. The Labute approximate surface area is 207 Å². The fourth-order valence-corrected chi connectivity index (χ4v) is 5.28. The Balaban J connectivity index is 1.41. The summed E-state index contributed by atoms with van der Waals surface area (Å²) in [7, 11) is 0. The van der Waals surface area contributed by atoms with Gasteiger partial charge in [0.25, 0.3) is 0 Å². The molecule has 3 aromatic rings. The maximum absolute atomic E-state index is 9.34. The predicted molar refractivity (Wildman–Crippen MR) is 141 cm³/mol. The van der Waals surface area contributed by atoms with Gasteiger partial charge in [-0.25, -0.2) is 9.97 Å². The maximum atomic E-state index is 9.34. The number of aliphatic hydroxyl groups excluding tert-OH is 1. The molecule has 5 rings (SSSR count). The molecule has 4 heterocycles. The van der Waals surface area contributed by atoms with Crippen LogP contribution < -0.4 is 15.5 Å². The lowest BCUT2D eigenvalue weighted by Gasteiger charge is -2.36. The number of aliphatic hydroxyl groups is 1. The van der Waals surface area contributed by atoms with Gasteiger partial charge >= 0.3 is 0 Å². The molecule has 2 aliphatic rings. The zero-order valence-electron chi connectivity index (χ0n) is 20.7. The van der Waals surface area contributed by atoms with Gasteiger partial charge in [0.05, 0.1) is 12.3 Å². The van der Waals surface area contributed by atoms with Crippen LogP contribution >= 0.6 is 0 Å². The van der Waals surface area contributed by atoms with E-state index in [0.717, 1.165) is 48.4 Å². The smallest absolute Gasteiger partial charge is 0.228 e. The zero-order valence-corrected chi connectivity index (χ0v) is 20.7. The van der Waals surface area contributed by atoms with Crippen molar-refractivity contribution in [3.63, 3.8) is 0 Å². The van der Waals surface area contributed by atoms with Crippen molar-refractivity contribution in [2.75, 3.05) is 41.8 Å². The number of nitrogens with zero attached hydrogens (tertiary/aromatic N) is 5. The summed E-state index contributed by atoms with van der Waals surface area (Å²) < 4.78 is 0. The van der Waals surface area contributed by atoms with Gasteiger partial charge in [0.15, 0.2) is 0 Å². The SMILES string of the molecule is CC(Nc1cc(-c2cc(NCCO)nc(N3C[C@@H]4C[C@H]3CN4C(C)C)n2)ccn1)c1ccccc1. The van der Waals surface area contributed by atoms with Gasteiger partial charge in [0.2, 0.25) is 5.95 Å². The average Bonchev–Trinajstić information content (AvgIpc) is 3.50. The minimum absolute atomic E-state index is 0.0487. The van der Waals surface area contributed by atoms with E-state index >= 15 is 0 Å². The van der Waals surface area contributed by atoms with E-state index in [-0.39, 0.29) is 12.6 Å². The Morgan fingerprint density at radius 2 is 1.83 bits per heavy atom. The summed E-state index contributed by atoms with van der Waals surface area (Å²) in [5.41, 5.74) is 3.03. The molecule has 2 saturated heterocycles. The molecule has 1 aromatic carbocycles. The van der Waals surface area contributed by atoms with Crippen molar-refractivity contribution >= 4 is 17.6 Å². The van der Waals surface area contributed by atoms with Crippen LogP contribution in [0.15, 0.2) is 54.7 Å². The molecule has 0 spiro atoms. The fourth-order valence-electron chi connectivity index (χ4n) is 5.28. The van der Waals surface area contributed by atoms with Crippen LogP contribution in [0.4, 0.5) is 17.6 Å². The Morgan fingerprint density at radius 3 is 2.54 bits per heavy atom. The van der Waals surface area contributed by atoms with E-state index in [9.17, 15) is 5.11 Å². The molecule has 2 aromatic heterocycles. The van der Waals surface area contributed by atoms with E-state index in [1.54, 1.807) is 0 Å². The Hall–Kier alpha value is -3.23. The summed E-state index contributed by atoms with van der Waals surface area (Å²) >= 11 is 0. The molecule has 2 aliphatic heterocycles. The van der Waals surface area contributed by atoms with Crippen molar-refractivity contribution in [1.29, 1.82) is 0 Å². The first-order chi connectivity index (χ1) is 17.0. The number of benzene rings is 1. The number of likely N-dealkylation sites (tertiary alicyclic amines) is 1. The number of hydrogen-bond acceptors (Lipinski definition) is 8. The molecule has 2 fully saturated rings. The van der Waals surface area contributed by atoms with Crippen molar-refractivity contribution in [3.05, 3.63) is 60.3 Å². The first-order valence-electron chi connectivity index (χ1n) is 12.6. The number of pyridine rings is 1. The third kappa shape index (κ3) is 5.09. The van der Waals surface area contributed by atoms with Crippen molar-refractivity contribution in [2.45, 2.75) is 51.4 Å². The third-order valence-electron chi connectivity index (χ3n) is 7.06. The summed E-state index contributed by atoms with van der Waals surface area (Å²) in [4.78, 5) is 19.3. The van der Waals surface area contributed by atoms with Crippen LogP contribution in [0.1, 0.15) is 38.8 Å². The quantitative estimate of drug-likeness (QED) is 0.433. The second kappa shape index (κ2) is 10.2. The van der Waals surface area contributed by atoms with E-state index in [2.05, 4.69) is 58.3 Å². The van der Waals surface area contributed by atoms with Crippen LogP contribution in [0.3, 0.4) is 0 Å². The molecule has 8 nitrogen and oxygen atoms in total. The number of hydrogen-bond donors (Lipinski definition) is 3. The van der Waals surface area contributed by atoms with Gasteiger partial charge in [-0.3, -0.25) is 4.90 Å². The van der Waals surface area contributed by atoms with Gasteiger partial charge in [-0.2, -0.15) is 4.98 Å². The maximum Gasteiger partial charge on any atom is 0.228 e. The fraction of sp³-hybridized carbons (Fsp3) is 0.444. The topological polar surface area (TPSA) is 89.4 Å². The molecule has 35 heavy (non-hydrogen) atoms. The number of rotatable bonds is 9. The summed E-state index contributed by atoms with van der Waals surface area (Å²) in [6, 6.07) is 18.0. The number of piperazine rings is 1. The van der Waals surface area contributed by atoms with E-state index in [0.29, 0.717) is 24.7 Å². The van der Waals surface area contributed by atoms with E-state index in [1.165, 1.54) is 5.56 Å². The Morgan fingerprint density at radius 1 is 1.00 bits per heavy atom. The molecular weight excluding hydrogens is 438 g/mol. The molecule has 0 radical (unpaired) electrons. The number of fused-ring (bicyclic) bond motifs is 2. The first-order valence-corrected chi connectivity index (χ1v) is 12.6. The number of aromatic nitrogens is 3. The highest BCUT2D eigenvalue weighted by atomic mass is 16.3. The highest BCUT2D eigenvalue weighted by molar-refractivity contribution is 5.67. The van der Waals surface area contributed by atoms with Crippen molar-refractivity contribution in [1.82, 2.24) is 19.9 Å². The minimum atomic E-state index is 0.0487. The first kappa shape index (κ1) is 23.5. The van der Waals surface area contributed by atoms with Crippen LogP contribution in [0, 0.1) is 0 Å². The summed E-state index contributed by atoms with van der Waals surface area (Å²) in [5, 5.41) is 16.1. The van der Waals surface area contributed by atoms with Crippen LogP contribution in [0.2, 0.25) is 0 Å². The molecule has 0 amide bonds. The largest absolute Gasteiger partial charge is 0.395 e. The lowest BCUT2D eigenvalue weighted by Crippen LogP contribution is -2.49. The monoisotopic (exact) mass is 473 g/mol. The van der Waals surface area contributed by atoms with Crippen LogP contribution in [-0.4, -0.2) is 69.3 Å². The van der Waals surface area contributed by atoms with Crippen molar-refractivity contribution < 1.29 is 5.11 Å². The highest BCUT2D eigenvalue weighted by Crippen LogP contribution is 2.35. The van der Waals surface area contributed by atoms with Crippen LogP contribution in [-0.2, 0) is 0 Å². The van der Waals surface area contributed by atoms with Crippen molar-refractivity contribution in [3.8, 4) is 11.3 Å². The second-order valence-electron chi connectivity index (χ2n) is 9.78. The zero-order chi connectivity index (χ0) is 24.4. The second-order valence-corrected chi connectivity index (χ2v) is 9.78. The van der Waals surface area contributed by atoms with Gasteiger partial charge in [-0.15, -0.1) is 0 Å². The third-order valence-corrected chi connectivity index (χ3v) is 7.06. The summed E-state index contributed by atoms with van der Waals surface area (Å²) in [6.07, 6.45) is 2.97. The Bertz CT molecular complexity index is 1140. The molecular formula is C27H35N7O. The lowest BCUT2D eigenvalue weighted by molar-refractivity contribution is 0.191. The van der Waals surface area contributed by atoms with E-state index in [1.807, 2.05) is 42.6 Å². The summed E-state index contributed by atoms with van der Waals surface area (Å²) in [6.45, 7) is 9.17. The molecule has 2 bridgehead atoms. The molecule has 0 saturated carbocycles. The molecule has 184 valence electrons. The average molecular weight is 474 g/mol.